The van der Waals surface area contributed by atoms with Crippen LogP contribution < -0.4 is 9.64 Å². The lowest BCUT2D eigenvalue weighted by molar-refractivity contribution is -0.120. The molecule has 0 fully saturated rings. The largest absolute Gasteiger partial charge is 0.477 e. The molecule has 3 rings (SSSR count). The van der Waals surface area contributed by atoms with Crippen molar-refractivity contribution < 1.29 is 31.5 Å². The van der Waals surface area contributed by atoms with Crippen molar-refractivity contribution in [3.8, 4) is 5.75 Å². The monoisotopic (exact) mass is 379 g/mol. The van der Waals surface area contributed by atoms with E-state index in [0.29, 0.717) is 11.4 Å². The highest BCUT2D eigenvalue weighted by molar-refractivity contribution is 5.94. The van der Waals surface area contributed by atoms with Crippen LogP contribution in [0.4, 0.5) is 23.2 Å². The average Bonchev–Trinajstić information content (AvgIpc) is 3.18. The van der Waals surface area contributed by atoms with Crippen molar-refractivity contribution in [2.24, 2.45) is 0 Å². The Morgan fingerprint density at radius 1 is 0.963 bits per heavy atom. The number of ether oxygens (including phenoxy) is 1. The quantitative estimate of drug-likeness (QED) is 0.470. The first-order valence-electron chi connectivity index (χ1n) is 7.81. The Morgan fingerprint density at radius 2 is 1.63 bits per heavy atom. The van der Waals surface area contributed by atoms with E-state index < -0.39 is 41.5 Å². The third-order valence-electron chi connectivity index (χ3n) is 3.67. The van der Waals surface area contributed by atoms with E-state index in [9.17, 15) is 22.4 Å². The van der Waals surface area contributed by atoms with Crippen LogP contribution in [0.15, 0.2) is 59.2 Å². The zero-order chi connectivity index (χ0) is 19.4. The van der Waals surface area contributed by atoms with Crippen LogP contribution in [-0.2, 0) is 11.3 Å². The minimum atomic E-state index is -1.71. The van der Waals surface area contributed by atoms with Gasteiger partial charge >= 0.3 is 0 Å². The molecule has 8 heteroatoms. The third kappa shape index (κ3) is 4.11. The second kappa shape index (κ2) is 7.94. The van der Waals surface area contributed by atoms with Crippen LogP contribution in [0.2, 0.25) is 0 Å². The molecule has 1 aromatic heterocycles. The summed E-state index contributed by atoms with van der Waals surface area (Å²) in [5, 5.41) is 0. The van der Waals surface area contributed by atoms with Crippen LogP contribution in [-0.4, -0.2) is 12.5 Å². The number of nitrogens with zero attached hydrogens (tertiary/aromatic N) is 1. The maximum atomic E-state index is 13.7. The van der Waals surface area contributed by atoms with Crippen LogP contribution in [0.25, 0.3) is 0 Å². The summed E-state index contributed by atoms with van der Waals surface area (Å²) in [6.07, 6.45) is 1.43. The molecule has 1 heterocycles. The number of carbonyl (C=O) groups excluding carboxylic acids is 1. The standard InChI is InChI=1S/C19H13F4NO3/c20-14-9-15(21)18(23)19(17(14)22)27-11-16(25)24(10-13-7-4-8-26-13)12-5-2-1-3-6-12/h1-9H,10-11H2. The Morgan fingerprint density at radius 3 is 2.22 bits per heavy atom. The molecule has 0 N–H and O–H groups in total. The number of hydrogen-bond acceptors (Lipinski definition) is 3. The molecule has 0 saturated carbocycles. The number of amides is 1. The molecule has 3 aromatic rings. The molecule has 0 saturated heterocycles. The smallest absolute Gasteiger partial charge is 0.265 e. The molecule has 0 aliphatic carbocycles. The van der Waals surface area contributed by atoms with Crippen molar-refractivity contribution >= 4 is 11.6 Å². The maximum absolute atomic E-state index is 13.7. The lowest BCUT2D eigenvalue weighted by atomic mass is 10.2. The highest BCUT2D eigenvalue weighted by Crippen LogP contribution is 2.27. The van der Waals surface area contributed by atoms with Gasteiger partial charge in [0, 0.05) is 11.8 Å². The minimum absolute atomic E-state index is 0.0294. The van der Waals surface area contributed by atoms with Crippen molar-refractivity contribution in [3.63, 3.8) is 0 Å². The van der Waals surface area contributed by atoms with Gasteiger partial charge in [0.2, 0.25) is 11.6 Å². The van der Waals surface area contributed by atoms with E-state index in [2.05, 4.69) is 0 Å². The van der Waals surface area contributed by atoms with E-state index in [1.807, 2.05) is 0 Å². The molecule has 140 valence electrons. The molecule has 0 atom stereocenters. The number of carbonyl (C=O) groups is 1. The second-order valence-corrected chi connectivity index (χ2v) is 5.48. The Balaban J connectivity index is 1.81. The fraction of sp³-hybridized carbons (Fsp3) is 0.105. The number of furan rings is 1. The van der Waals surface area contributed by atoms with Gasteiger partial charge in [0.25, 0.3) is 5.91 Å². The van der Waals surface area contributed by atoms with Gasteiger partial charge in [-0.3, -0.25) is 4.79 Å². The number of hydrogen-bond donors (Lipinski definition) is 0. The number of anilines is 1. The Bertz CT molecular complexity index is 904. The lowest BCUT2D eigenvalue weighted by Crippen LogP contribution is -2.34. The van der Waals surface area contributed by atoms with Crippen molar-refractivity contribution in [2.45, 2.75) is 6.54 Å². The molecule has 1 amide bonds. The summed E-state index contributed by atoms with van der Waals surface area (Å²) in [7, 11) is 0. The van der Waals surface area contributed by atoms with Gasteiger partial charge < -0.3 is 14.1 Å². The Labute approximate surface area is 151 Å². The summed E-state index contributed by atoms with van der Waals surface area (Å²) in [5.74, 6) is -8.18. The van der Waals surface area contributed by atoms with Gasteiger partial charge in [-0.25, -0.2) is 8.78 Å². The van der Waals surface area contributed by atoms with Gasteiger partial charge in [-0.05, 0) is 24.3 Å². The normalized spacial score (nSPS) is 10.7. The van der Waals surface area contributed by atoms with Crippen LogP contribution in [0, 0.1) is 23.3 Å². The lowest BCUT2D eigenvalue weighted by Gasteiger charge is -2.22. The molecule has 0 aliphatic heterocycles. The number of halogens is 4. The molecule has 0 spiro atoms. The molecule has 0 radical (unpaired) electrons. The molecule has 4 nitrogen and oxygen atoms in total. The maximum Gasteiger partial charge on any atom is 0.265 e. The van der Waals surface area contributed by atoms with E-state index in [4.69, 9.17) is 9.15 Å². The molecular formula is C19H13F4NO3. The summed E-state index contributed by atoms with van der Waals surface area (Å²) in [4.78, 5) is 13.8. The second-order valence-electron chi connectivity index (χ2n) is 5.48. The van der Waals surface area contributed by atoms with Gasteiger partial charge in [0.15, 0.2) is 24.0 Å². The van der Waals surface area contributed by atoms with E-state index >= 15 is 0 Å². The molecule has 27 heavy (non-hydrogen) atoms. The predicted octanol–water partition coefficient (Wildman–Crippen LogP) is 4.45. The molecule has 0 unspecified atom stereocenters. The summed E-state index contributed by atoms with van der Waals surface area (Å²) < 4.78 is 63.8. The summed E-state index contributed by atoms with van der Waals surface area (Å²) in [6, 6.07) is 11.8. The van der Waals surface area contributed by atoms with Gasteiger partial charge in [0.05, 0.1) is 12.8 Å². The minimum Gasteiger partial charge on any atom is -0.477 e. The zero-order valence-corrected chi connectivity index (χ0v) is 13.8. The van der Waals surface area contributed by atoms with Crippen LogP contribution in [0.5, 0.6) is 5.75 Å². The Hall–Kier alpha value is -3.29. The van der Waals surface area contributed by atoms with Gasteiger partial charge in [0.1, 0.15) is 5.76 Å². The van der Waals surface area contributed by atoms with Crippen LogP contribution >= 0.6 is 0 Å². The van der Waals surface area contributed by atoms with Crippen LogP contribution in [0.1, 0.15) is 5.76 Å². The summed E-state index contributed by atoms with van der Waals surface area (Å²) in [5.41, 5.74) is 0.480. The third-order valence-corrected chi connectivity index (χ3v) is 3.67. The fourth-order valence-corrected chi connectivity index (χ4v) is 2.38. The van der Waals surface area contributed by atoms with Crippen molar-refractivity contribution in [1.29, 1.82) is 0 Å². The highest BCUT2D eigenvalue weighted by atomic mass is 19.2. The van der Waals surface area contributed by atoms with E-state index in [1.165, 1.54) is 11.2 Å². The summed E-state index contributed by atoms with van der Waals surface area (Å²) in [6.45, 7) is -0.811. The number of benzene rings is 2. The topological polar surface area (TPSA) is 42.7 Å². The zero-order valence-electron chi connectivity index (χ0n) is 13.8. The van der Waals surface area contributed by atoms with Crippen LogP contribution in [0.3, 0.4) is 0 Å². The van der Waals surface area contributed by atoms with Crippen molar-refractivity contribution in [2.75, 3.05) is 11.5 Å². The predicted molar refractivity (Wildman–Crippen MR) is 88.1 cm³/mol. The first-order valence-corrected chi connectivity index (χ1v) is 7.81. The van der Waals surface area contributed by atoms with E-state index in [1.54, 1.807) is 42.5 Å². The first-order chi connectivity index (χ1) is 13.0. The van der Waals surface area contributed by atoms with Crippen molar-refractivity contribution in [3.05, 3.63) is 83.8 Å². The first kappa shape index (κ1) is 18.5. The van der Waals surface area contributed by atoms with E-state index in [-0.39, 0.29) is 12.6 Å². The molecule has 2 aromatic carbocycles. The van der Waals surface area contributed by atoms with Crippen molar-refractivity contribution in [1.82, 2.24) is 0 Å². The van der Waals surface area contributed by atoms with E-state index in [0.717, 1.165) is 0 Å². The molecule has 0 aliphatic rings. The molecule has 0 bridgehead atoms. The van der Waals surface area contributed by atoms with Gasteiger partial charge in [-0.15, -0.1) is 0 Å². The molecular weight excluding hydrogens is 366 g/mol. The Kier molecular flexibility index (Phi) is 5.44. The number of rotatable bonds is 6. The highest BCUT2D eigenvalue weighted by Gasteiger charge is 2.23. The number of para-hydroxylation sites is 1. The van der Waals surface area contributed by atoms with Gasteiger partial charge in [-0.2, -0.15) is 8.78 Å². The SMILES string of the molecule is O=C(COc1c(F)c(F)cc(F)c1F)N(Cc1ccco1)c1ccccc1. The fourth-order valence-electron chi connectivity index (χ4n) is 2.38. The average molecular weight is 379 g/mol. The van der Waals surface area contributed by atoms with Gasteiger partial charge in [-0.1, -0.05) is 18.2 Å². The summed E-state index contributed by atoms with van der Waals surface area (Å²) >= 11 is 0.